The maximum Gasteiger partial charge on any atom is 0.252 e. The minimum Gasteiger partial charge on any atom is -0.338 e. The highest BCUT2D eigenvalue weighted by atomic mass is 15.2. The van der Waals surface area contributed by atoms with Crippen molar-refractivity contribution in [1.82, 2.24) is 13.7 Å². The predicted molar refractivity (Wildman–Crippen MR) is 584 cm³/mol. The van der Waals surface area contributed by atoms with E-state index in [1.807, 2.05) is 0 Å². The first kappa shape index (κ1) is 87.0. The zero-order valence-corrected chi connectivity index (χ0v) is 82.1. The van der Waals surface area contributed by atoms with Crippen LogP contribution >= 0.6 is 0 Å². The Labute approximate surface area is 803 Å². The molecule has 6 nitrogen and oxygen atoms in total. The fourth-order valence-corrected chi connectivity index (χ4v) is 21.9. The molecular formula is C129H121BN6. The van der Waals surface area contributed by atoms with Gasteiger partial charge >= 0.3 is 0 Å². The maximum absolute atomic E-state index is 2.81. The average Bonchev–Trinajstić information content (AvgIpc) is 0.939. The molecule has 0 aliphatic carbocycles. The molecule has 17 aromatic carbocycles. The number of para-hydroxylation sites is 3. The Kier molecular flexibility index (Phi) is 20.9. The van der Waals surface area contributed by atoms with E-state index >= 15 is 0 Å². The Morgan fingerprint density at radius 1 is 0.228 bits per heavy atom. The van der Waals surface area contributed by atoms with Crippen LogP contribution in [0.5, 0.6) is 0 Å². The monoisotopic (exact) mass is 1760 g/mol. The van der Waals surface area contributed by atoms with E-state index in [-0.39, 0.29) is 39.2 Å². The zero-order chi connectivity index (χ0) is 94.0. The van der Waals surface area contributed by atoms with Crippen molar-refractivity contribution in [3.8, 4) is 55.9 Å². The van der Waals surface area contributed by atoms with Crippen LogP contribution in [0, 0.1) is 0 Å². The van der Waals surface area contributed by atoms with Gasteiger partial charge in [-0.3, -0.25) is 0 Å². The highest BCUT2D eigenvalue weighted by Crippen LogP contribution is 2.51. The Balaban J connectivity index is 0.883. The second-order valence-corrected chi connectivity index (χ2v) is 44.6. The van der Waals surface area contributed by atoms with Crippen LogP contribution < -0.4 is 31.1 Å². The van der Waals surface area contributed by atoms with Crippen LogP contribution in [0.2, 0.25) is 0 Å². The van der Waals surface area contributed by atoms with Crippen LogP contribution in [0.4, 0.5) is 39.8 Å². The normalized spacial score (nSPS) is 13.1. The molecule has 0 saturated carbocycles. The molecule has 2 aliphatic heterocycles. The number of anilines is 7. The van der Waals surface area contributed by atoms with Crippen molar-refractivity contribution in [2.45, 2.75) is 177 Å². The summed E-state index contributed by atoms with van der Waals surface area (Å²) < 4.78 is 7.82. The van der Waals surface area contributed by atoms with E-state index in [4.69, 9.17) is 0 Å². The minimum atomic E-state index is -0.275. The highest BCUT2D eigenvalue weighted by molar-refractivity contribution is 7.00. The number of rotatable bonds is 15. The van der Waals surface area contributed by atoms with Crippen molar-refractivity contribution in [2.75, 3.05) is 14.7 Å². The summed E-state index contributed by atoms with van der Waals surface area (Å²) in [6.07, 6.45) is 0. The number of aromatic nitrogens is 3. The Hall–Kier alpha value is -14.4. The molecule has 136 heavy (non-hydrogen) atoms. The van der Waals surface area contributed by atoms with E-state index in [0.29, 0.717) is 19.6 Å². The Morgan fingerprint density at radius 3 is 0.868 bits per heavy atom. The van der Waals surface area contributed by atoms with E-state index in [9.17, 15) is 0 Å². The average molecular weight is 1770 g/mol. The first-order valence-corrected chi connectivity index (χ1v) is 48.9. The van der Waals surface area contributed by atoms with E-state index < -0.39 is 0 Å². The first-order chi connectivity index (χ1) is 65.2. The summed E-state index contributed by atoms with van der Waals surface area (Å²) in [5.41, 5.74) is 41.5. The maximum atomic E-state index is 2.81. The van der Waals surface area contributed by atoms with Gasteiger partial charge in [0.1, 0.15) is 0 Å². The molecule has 22 rings (SSSR count). The fraction of sp³-hybridized carbons (Fsp3) is 0.209. The van der Waals surface area contributed by atoms with Gasteiger partial charge in [0.2, 0.25) is 0 Å². The molecular weight excluding hydrogens is 1640 g/mol. The van der Waals surface area contributed by atoms with Crippen molar-refractivity contribution >= 4 is 128 Å². The van der Waals surface area contributed by atoms with Crippen LogP contribution in [-0.2, 0) is 52.1 Å². The van der Waals surface area contributed by atoms with Crippen LogP contribution in [0.1, 0.15) is 175 Å². The predicted octanol–water partition coefficient (Wildman–Crippen LogP) is 32.8. The summed E-state index contributed by atoms with van der Waals surface area (Å²) in [5.74, 6) is 0. The molecule has 670 valence electrons. The lowest BCUT2D eigenvalue weighted by Crippen LogP contribution is -2.62. The lowest BCUT2D eigenvalue weighted by Gasteiger charge is -2.45. The number of benzene rings is 17. The van der Waals surface area contributed by atoms with Crippen molar-refractivity contribution in [1.29, 1.82) is 0 Å². The number of fused-ring (bicyclic) bond motifs is 13. The van der Waals surface area contributed by atoms with E-state index in [0.717, 1.165) is 34.0 Å². The standard InChI is InChI=1S/C129H121BN6/c1-124(2,3)88-53-62-115-104(69-88)105-70-89(125(4,5)6)54-63-116(105)135(115)97-57-60-111-119(78-97)132(81-109-100(84-39-25-19-26-40-84)73-92(128(13,14)15)74-101(109)85-41-27-20-28-42-85)121-67-83(80-131-113-52-38-37-51-99(113)108-77-96(59-66-114(108)131)134(94-47-33-23-34-48-94)95-49-35-24-36-50-95)68-122-123(121)130(111)112-61-58-98(136-117-64-55-90(126(7,8)9)71-106(117)107-72-91(127(10,11)12)56-65-118(107)136)79-120(112)133(122)82-110-102(86-43-29-21-30-44-86)75-93(129(16,17)18)76-103(110)87-45-31-22-32-46-87/h19-79H,80-82H2,1-18H3. The fourth-order valence-electron chi connectivity index (χ4n) is 21.9. The third-order valence-corrected chi connectivity index (χ3v) is 29.4. The second-order valence-electron chi connectivity index (χ2n) is 44.6. The van der Waals surface area contributed by atoms with Crippen LogP contribution in [-0.4, -0.2) is 20.4 Å². The Bertz CT molecular complexity index is 7420. The van der Waals surface area contributed by atoms with Gasteiger partial charge in [-0.1, -0.05) is 361 Å². The molecule has 3 aromatic heterocycles. The van der Waals surface area contributed by atoms with Crippen molar-refractivity contribution in [3.05, 3.63) is 420 Å². The molecule has 0 radical (unpaired) electrons. The second kappa shape index (κ2) is 32.7. The number of hydrogen-bond donors (Lipinski definition) is 0. The SMILES string of the molecule is CC(C)(C)c1cc(-c2ccccc2)c(CN2c3cc(-n4c5ccc(C(C)(C)C)cc5c5cc(C(C)(C)C)ccc54)ccc3B3c4ccc(-n5c6ccc(C(C)(C)C)cc6c6cc(C(C)(C)C)ccc65)cc4N(Cc4c(-c5ccccc5)cc(C(C)(C)C)cc4-c4ccccc4)c4cc(Cn5c6ccccc6c6cc(N(c7ccccc7)c7ccccc7)ccc65)cc2c43)c(-c2ccccc2)c1. The van der Waals surface area contributed by atoms with Gasteiger partial charge in [0, 0.05) is 114 Å². The molecule has 2 aliphatic rings. The van der Waals surface area contributed by atoms with Gasteiger partial charge in [-0.25, -0.2) is 0 Å². The van der Waals surface area contributed by atoms with E-state index in [2.05, 4.69) is 523 Å². The summed E-state index contributed by atoms with van der Waals surface area (Å²) in [5, 5.41) is 7.44. The number of nitrogens with zero attached hydrogens (tertiary/aromatic N) is 6. The van der Waals surface area contributed by atoms with E-state index in [1.54, 1.807) is 0 Å². The quantitative estimate of drug-likeness (QED) is 0.0956. The van der Waals surface area contributed by atoms with Gasteiger partial charge in [0.15, 0.2) is 0 Å². The molecule has 0 N–H and O–H groups in total. The van der Waals surface area contributed by atoms with Crippen molar-refractivity contribution in [2.24, 2.45) is 0 Å². The topological polar surface area (TPSA) is 24.5 Å². The Morgan fingerprint density at radius 2 is 0.529 bits per heavy atom. The van der Waals surface area contributed by atoms with Crippen molar-refractivity contribution < 1.29 is 0 Å². The van der Waals surface area contributed by atoms with Crippen molar-refractivity contribution in [3.63, 3.8) is 0 Å². The first-order valence-electron chi connectivity index (χ1n) is 48.9. The molecule has 20 aromatic rings. The molecule has 0 unspecified atom stereocenters. The van der Waals surface area contributed by atoms with E-state index in [1.165, 1.54) is 194 Å². The van der Waals surface area contributed by atoms with Gasteiger partial charge in [-0.15, -0.1) is 0 Å². The van der Waals surface area contributed by atoms with Gasteiger partial charge in [0.25, 0.3) is 6.71 Å². The molecule has 0 spiro atoms. The third kappa shape index (κ3) is 15.3. The molecule has 5 heterocycles. The lowest BCUT2D eigenvalue weighted by atomic mass is 9.33. The molecule has 0 saturated heterocycles. The third-order valence-electron chi connectivity index (χ3n) is 29.4. The largest absolute Gasteiger partial charge is 0.338 e. The minimum absolute atomic E-state index is 0.0876. The summed E-state index contributed by atoms with van der Waals surface area (Å²) in [6, 6.07) is 143. The van der Waals surface area contributed by atoms with Crippen LogP contribution in [0.15, 0.2) is 370 Å². The van der Waals surface area contributed by atoms with Crippen LogP contribution in [0.3, 0.4) is 0 Å². The summed E-state index contributed by atoms with van der Waals surface area (Å²) >= 11 is 0. The molecule has 7 heteroatoms. The number of hydrogen-bond acceptors (Lipinski definition) is 3. The molecule has 0 bridgehead atoms. The molecule has 0 amide bonds. The molecule has 0 fully saturated rings. The van der Waals surface area contributed by atoms with Gasteiger partial charge in [-0.05, 0) is 277 Å². The summed E-state index contributed by atoms with van der Waals surface area (Å²) in [6.45, 7) is 43.7. The summed E-state index contributed by atoms with van der Waals surface area (Å²) in [7, 11) is 0. The smallest absolute Gasteiger partial charge is 0.252 e. The lowest BCUT2D eigenvalue weighted by molar-refractivity contribution is 0.590. The summed E-state index contributed by atoms with van der Waals surface area (Å²) in [4.78, 5) is 8.02. The highest BCUT2D eigenvalue weighted by Gasteiger charge is 2.45. The van der Waals surface area contributed by atoms with Gasteiger partial charge in [0.05, 0.1) is 22.1 Å². The zero-order valence-electron chi connectivity index (χ0n) is 82.1. The van der Waals surface area contributed by atoms with Crippen LogP contribution in [0.25, 0.3) is 121 Å². The van der Waals surface area contributed by atoms with Gasteiger partial charge in [-0.2, -0.15) is 0 Å². The van der Waals surface area contributed by atoms with Gasteiger partial charge < -0.3 is 28.4 Å². The molecule has 0 atom stereocenters.